The average Bonchev–Trinajstić information content (AvgIpc) is 2.99. The minimum atomic E-state index is -0.0347. The lowest BCUT2D eigenvalue weighted by atomic mass is 10.1. The molecule has 1 amide bonds. The highest BCUT2D eigenvalue weighted by molar-refractivity contribution is 7.07. The van der Waals surface area contributed by atoms with Crippen LogP contribution in [-0.4, -0.2) is 24.0 Å². The first kappa shape index (κ1) is 15.5. The molecule has 21 heavy (non-hydrogen) atoms. The van der Waals surface area contributed by atoms with Gasteiger partial charge in [-0.05, 0) is 25.5 Å². The number of hydrogen-bond donors (Lipinski definition) is 2. The number of benzene rings is 1. The molecule has 2 aromatic rings. The Kier molecular flexibility index (Phi) is 5.75. The molecule has 4 nitrogen and oxygen atoms in total. The molecule has 0 fully saturated rings. The highest BCUT2D eigenvalue weighted by Crippen LogP contribution is 2.17. The van der Waals surface area contributed by atoms with Gasteiger partial charge in [-0.25, -0.2) is 4.98 Å². The van der Waals surface area contributed by atoms with E-state index in [1.807, 2.05) is 36.0 Å². The number of aromatic nitrogens is 1. The predicted octanol–water partition coefficient (Wildman–Crippen LogP) is 3.25. The Morgan fingerprint density at radius 3 is 2.90 bits per heavy atom. The highest BCUT2D eigenvalue weighted by Gasteiger charge is 2.11. The molecule has 0 aliphatic carbocycles. The van der Waals surface area contributed by atoms with Crippen molar-refractivity contribution < 1.29 is 4.79 Å². The van der Waals surface area contributed by atoms with Crippen LogP contribution in [-0.2, 0) is 6.42 Å². The molecular weight excluding hydrogens is 282 g/mol. The van der Waals surface area contributed by atoms with Crippen molar-refractivity contribution in [1.82, 2.24) is 10.3 Å². The van der Waals surface area contributed by atoms with Gasteiger partial charge in [-0.3, -0.25) is 4.79 Å². The first-order valence-electron chi connectivity index (χ1n) is 7.20. The number of carbonyl (C=O) groups excluding carboxylic acids is 1. The molecule has 1 aromatic heterocycles. The van der Waals surface area contributed by atoms with Crippen LogP contribution < -0.4 is 10.6 Å². The Hall–Kier alpha value is -1.88. The molecule has 0 spiro atoms. The summed E-state index contributed by atoms with van der Waals surface area (Å²) < 4.78 is 0. The lowest BCUT2D eigenvalue weighted by molar-refractivity contribution is 0.0955. The SMILES string of the molecule is CCCNc1ccc(C)cc1C(=O)NCCc1cscn1. The van der Waals surface area contributed by atoms with Gasteiger partial charge in [0.1, 0.15) is 0 Å². The van der Waals surface area contributed by atoms with E-state index in [4.69, 9.17) is 0 Å². The molecule has 0 saturated carbocycles. The summed E-state index contributed by atoms with van der Waals surface area (Å²) in [4.78, 5) is 16.6. The second-order valence-corrected chi connectivity index (χ2v) is 5.68. The van der Waals surface area contributed by atoms with Crippen molar-refractivity contribution in [3.63, 3.8) is 0 Å². The highest BCUT2D eigenvalue weighted by atomic mass is 32.1. The van der Waals surface area contributed by atoms with E-state index in [1.54, 1.807) is 11.3 Å². The van der Waals surface area contributed by atoms with Gasteiger partial charge in [-0.15, -0.1) is 11.3 Å². The van der Waals surface area contributed by atoms with Crippen molar-refractivity contribution in [1.29, 1.82) is 0 Å². The number of amides is 1. The van der Waals surface area contributed by atoms with Gasteiger partial charge in [0.25, 0.3) is 5.91 Å². The van der Waals surface area contributed by atoms with Crippen LogP contribution in [0, 0.1) is 6.92 Å². The van der Waals surface area contributed by atoms with Crippen molar-refractivity contribution in [3.8, 4) is 0 Å². The van der Waals surface area contributed by atoms with Crippen LogP contribution in [0.15, 0.2) is 29.1 Å². The van der Waals surface area contributed by atoms with Crippen LogP contribution in [0.3, 0.4) is 0 Å². The zero-order valence-electron chi connectivity index (χ0n) is 12.5. The number of nitrogens with zero attached hydrogens (tertiary/aromatic N) is 1. The first-order valence-corrected chi connectivity index (χ1v) is 8.14. The molecule has 0 aliphatic heterocycles. The molecule has 5 heteroatoms. The largest absolute Gasteiger partial charge is 0.384 e. The third-order valence-corrected chi connectivity index (χ3v) is 3.77. The molecule has 1 aromatic carbocycles. The lowest BCUT2D eigenvalue weighted by Crippen LogP contribution is -2.26. The van der Waals surface area contributed by atoms with Crippen molar-refractivity contribution in [2.75, 3.05) is 18.4 Å². The molecule has 0 saturated heterocycles. The Balaban J connectivity index is 1.98. The number of anilines is 1. The number of thiazole rings is 1. The zero-order valence-corrected chi connectivity index (χ0v) is 13.3. The van der Waals surface area contributed by atoms with Crippen LogP contribution in [0.1, 0.15) is 35.0 Å². The summed E-state index contributed by atoms with van der Waals surface area (Å²) in [6, 6.07) is 5.92. The van der Waals surface area contributed by atoms with Gasteiger partial charge in [0.15, 0.2) is 0 Å². The minimum Gasteiger partial charge on any atom is -0.384 e. The van der Waals surface area contributed by atoms with Crippen LogP contribution >= 0.6 is 11.3 Å². The summed E-state index contributed by atoms with van der Waals surface area (Å²) in [7, 11) is 0. The zero-order chi connectivity index (χ0) is 15.1. The molecular formula is C16H21N3OS. The molecule has 0 atom stereocenters. The maximum absolute atomic E-state index is 12.3. The molecule has 2 rings (SSSR count). The van der Waals surface area contributed by atoms with Crippen molar-refractivity contribution in [3.05, 3.63) is 45.9 Å². The predicted molar refractivity (Wildman–Crippen MR) is 88.1 cm³/mol. The molecule has 0 radical (unpaired) electrons. The van der Waals surface area contributed by atoms with Gasteiger partial charge in [0, 0.05) is 30.6 Å². The van der Waals surface area contributed by atoms with E-state index in [-0.39, 0.29) is 5.91 Å². The van der Waals surface area contributed by atoms with Crippen LogP contribution in [0.25, 0.3) is 0 Å². The number of nitrogens with one attached hydrogen (secondary N) is 2. The molecule has 1 heterocycles. The van der Waals surface area contributed by atoms with Crippen LogP contribution in [0.2, 0.25) is 0 Å². The fraction of sp³-hybridized carbons (Fsp3) is 0.375. The quantitative estimate of drug-likeness (QED) is 0.825. The van der Waals surface area contributed by atoms with Gasteiger partial charge >= 0.3 is 0 Å². The smallest absolute Gasteiger partial charge is 0.253 e. The van der Waals surface area contributed by atoms with Crippen molar-refractivity contribution in [2.45, 2.75) is 26.7 Å². The number of carbonyl (C=O) groups is 1. The van der Waals surface area contributed by atoms with E-state index >= 15 is 0 Å². The number of hydrogen-bond acceptors (Lipinski definition) is 4. The molecule has 0 aliphatic rings. The van der Waals surface area contributed by atoms with E-state index in [2.05, 4.69) is 22.5 Å². The van der Waals surface area contributed by atoms with Gasteiger partial charge in [0.05, 0.1) is 16.8 Å². The van der Waals surface area contributed by atoms with Gasteiger partial charge in [-0.1, -0.05) is 18.6 Å². The van der Waals surface area contributed by atoms with Crippen LogP contribution in [0.5, 0.6) is 0 Å². The summed E-state index contributed by atoms with van der Waals surface area (Å²) in [6.07, 6.45) is 1.79. The first-order chi connectivity index (χ1) is 10.2. The van der Waals surface area contributed by atoms with E-state index in [0.717, 1.165) is 36.3 Å². The molecule has 0 bridgehead atoms. The lowest BCUT2D eigenvalue weighted by Gasteiger charge is -2.12. The van der Waals surface area contributed by atoms with Gasteiger partial charge in [-0.2, -0.15) is 0 Å². The second-order valence-electron chi connectivity index (χ2n) is 4.96. The standard InChI is InChI=1S/C16H21N3OS/c1-3-7-17-15-5-4-12(2)9-14(15)16(20)18-8-6-13-10-21-11-19-13/h4-5,9-11,17H,3,6-8H2,1-2H3,(H,18,20). The Bertz CT molecular complexity index is 581. The fourth-order valence-corrected chi connectivity index (χ4v) is 2.61. The monoisotopic (exact) mass is 303 g/mol. The van der Waals surface area contributed by atoms with Crippen molar-refractivity contribution >= 4 is 22.9 Å². The topological polar surface area (TPSA) is 54.0 Å². The number of rotatable bonds is 7. The van der Waals surface area contributed by atoms with Gasteiger partial charge in [0.2, 0.25) is 0 Å². The molecule has 2 N–H and O–H groups in total. The summed E-state index contributed by atoms with van der Waals surface area (Å²) in [5, 5.41) is 8.28. The van der Waals surface area contributed by atoms with E-state index in [9.17, 15) is 4.79 Å². The van der Waals surface area contributed by atoms with E-state index < -0.39 is 0 Å². The Morgan fingerprint density at radius 2 is 2.19 bits per heavy atom. The summed E-state index contributed by atoms with van der Waals surface area (Å²) >= 11 is 1.57. The van der Waals surface area contributed by atoms with Crippen molar-refractivity contribution in [2.24, 2.45) is 0 Å². The molecule has 0 unspecified atom stereocenters. The maximum atomic E-state index is 12.3. The summed E-state index contributed by atoms with van der Waals surface area (Å²) in [5.74, 6) is -0.0347. The molecule has 112 valence electrons. The Labute approximate surface area is 129 Å². The normalized spacial score (nSPS) is 10.4. The summed E-state index contributed by atoms with van der Waals surface area (Å²) in [6.45, 7) is 5.57. The number of aryl methyl sites for hydroxylation is 1. The Morgan fingerprint density at radius 1 is 1.33 bits per heavy atom. The van der Waals surface area contributed by atoms with Crippen LogP contribution in [0.4, 0.5) is 5.69 Å². The van der Waals surface area contributed by atoms with E-state index in [1.165, 1.54) is 0 Å². The maximum Gasteiger partial charge on any atom is 0.253 e. The fourth-order valence-electron chi connectivity index (χ4n) is 2.02. The van der Waals surface area contributed by atoms with Gasteiger partial charge < -0.3 is 10.6 Å². The van der Waals surface area contributed by atoms with E-state index in [0.29, 0.717) is 12.1 Å². The third-order valence-electron chi connectivity index (χ3n) is 3.14. The average molecular weight is 303 g/mol. The third kappa shape index (κ3) is 4.56. The second kappa shape index (κ2) is 7.78. The summed E-state index contributed by atoms with van der Waals surface area (Å²) in [5.41, 5.74) is 5.52. The minimum absolute atomic E-state index is 0.0347.